The van der Waals surface area contributed by atoms with Gasteiger partial charge in [-0.05, 0) is 57.1 Å². The highest BCUT2D eigenvalue weighted by atomic mass is 35.5. The van der Waals surface area contributed by atoms with Crippen LogP contribution in [0.4, 0.5) is 0 Å². The Kier molecular flexibility index (Phi) is 9.61. The molecule has 1 rings (SSSR count). The summed E-state index contributed by atoms with van der Waals surface area (Å²) in [5.74, 6) is 1.44. The molecule has 1 unspecified atom stereocenters. The summed E-state index contributed by atoms with van der Waals surface area (Å²) in [4.78, 5) is 11.9. The summed E-state index contributed by atoms with van der Waals surface area (Å²) in [6.07, 6.45) is 1.36. The monoisotopic (exact) mass is 330 g/mol. The van der Waals surface area contributed by atoms with Gasteiger partial charge in [0.2, 0.25) is 5.91 Å². The second-order valence-corrected chi connectivity index (χ2v) is 5.06. The molecule has 0 radical (unpaired) electrons. The third-order valence-electron chi connectivity index (χ3n) is 3.45. The van der Waals surface area contributed by atoms with Crippen molar-refractivity contribution < 1.29 is 14.3 Å². The molecule has 0 aliphatic heterocycles. The predicted molar refractivity (Wildman–Crippen MR) is 91.2 cm³/mol. The molecule has 0 heterocycles. The van der Waals surface area contributed by atoms with Gasteiger partial charge < -0.3 is 20.1 Å². The minimum Gasteiger partial charge on any atom is -0.493 e. The molecular formula is C16H27ClN2O3. The number of aryl methyl sites for hydroxylation is 1. The van der Waals surface area contributed by atoms with E-state index in [1.54, 1.807) is 14.2 Å². The summed E-state index contributed by atoms with van der Waals surface area (Å²) in [5, 5.41) is 6.06. The van der Waals surface area contributed by atoms with E-state index in [1.165, 1.54) is 0 Å². The van der Waals surface area contributed by atoms with Crippen molar-refractivity contribution in [3.8, 4) is 11.5 Å². The lowest BCUT2D eigenvalue weighted by atomic mass is 10.0. The largest absolute Gasteiger partial charge is 0.493 e. The summed E-state index contributed by atoms with van der Waals surface area (Å²) in [7, 11) is 5.11. The van der Waals surface area contributed by atoms with Crippen LogP contribution in [0.3, 0.4) is 0 Å². The highest BCUT2D eigenvalue weighted by Crippen LogP contribution is 2.32. The Bertz CT molecular complexity index is 481. The lowest BCUT2D eigenvalue weighted by Crippen LogP contribution is -2.27. The van der Waals surface area contributed by atoms with Gasteiger partial charge >= 0.3 is 0 Å². The second kappa shape index (κ2) is 10.3. The van der Waals surface area contributed by atoms with Crippen LogP contribution in [0.5, 0.6) is 11.5 Å². The SMILES string of the molecule is CNCCCC(=O)NC(C)c1cc(OC)c(OC)cc1C.Cl. The van der Waals surface area contributed by atoms with E-state index in [9.17, 15) is 4.79 Å². The van der Waals surface area contributed by atoms with Crippen molar-refractivity contribution in [1.82, 2.24) is 10.6 Å². The average molecular weight is 331 g/mol. The van der Waals surface area contributed by atoms with Gasteiger partial charge in [0.25, 0.3) is 0 Å². The Hall–Kier alpha value is -1.46. The fourth-order valence-electron chi connectivity index (χ4n) is 2.28. The van der Waals surface area contributed by atoms with E-state index >= 15 is 0 Å². The van der Waals surface area contributed by atoms with Crippen LogP contribution >= 0.6 is 12.4 Å². The summed E-state index contributed by atoms with van der Waals surface area (Å²) in [6, 6.07) is 3.79. The first-order valence-electron chi connectivity index (χ1n) is 7.20. The molecule has 1 aromatic rings. The number of hydrogen-bond donors (Lipinski definition) is 2. The lowest BCUT2D eigenvalue weighted by Gasteiger charge is -2.19. The number of ether oxygens (including phenoxy) is 2. The first-order chi connectivity index (χ1) is 10.0. The molecule has 0 aliphatic rings. The quantitative estimate of drug-likeness (QED) is 0.719. The number of carbonyl (C=O) groups excluding carboxylic acids is 1. The number of nitrogens with one attached hydrogen (secondary N) is 2. The van der Waals surface area contributed by atoms with Crippen LogP contribution in [0.1, 0.15) is 36.9 Å². The topological polar surface area (TPSA) is 59.6 Å². The van der Waals surface area contributed by atoms with Crippen LogP contribution in [-0.4, -0.2) is 33.7 Å². The molecule has 5 nitrogen and oxygen atoms in total. The molecule has 1 aromatic carbocycles. The standard InChI is InChI=1S/C16H26N2O3.ClH/c1-11-9-14(20-4)15(21-5)10-13(11)12(2)18-16(19)7-6-8-17-3;/h9-10,12,17H,6-8H2,1-5H3,(H,18,19);1H. The third-order valence-corrected chi connectivity index (χ3v) is 3.45. The predicted octanol–water partition coefficient (Wildman–Crippen LogP) is 2.61. The molecule has 22 heavy (non-hydrogen) atoms. The molecule has 2 N–H and O–H groups in total. The van der Waals surface area contributed by atoms with Crippen LogP contribution in [0.2, 0.25) is 0 Å². The fourth-order valence-corrected chi connectivity index (χ4v) is 2.28. The van der Waals surface area contributed by atoms with Crippen LogP contribution < -0.4 is 20.1 Å². The molecule has 0 spiro atoms. The highest BCUT2D eigenvalue weighted by Gasteiger charge is 2.15. The molecule has 1 amide bonds. The van der Waals surface area contributed by atoms with E-state index in [1.807, 2.05) is 33.0 Å². The van der Waals surface area contributed by atoms with Gasteiger partial charge in [-0.15, -0.1) is 12.4 Å². The zero-order valence-corrected chi connectivity index (χ0v) is 14.8. The van der Waals surface area contributed by atoms with E-state index < -0.39 is 0 Å². The first kappa shape index (κ1) is 20.5. The number of carbonyl (C=O) groups is 1. The van der Waals surface area contributed by atoms with Gasteiger partial charge in [0.15, 0.2) is 11.5 Å². The van der Waals surface area contributed by atoms with Gasteiger partial charge in [-0.2, -0.15) is 0 Å². The molecule has 0 fully saturated rings. The number of methoxy groups -OCH3 is 2. The number of hydrogen-bond acceptors (Lipinski definition) is 4. The van der Waals surface area contributed by atoms with E-state index in [0.717, 1.165) is 24.1 Å². The summed E-state index contributed by atoms with van der Waals surface area (Å²) in [5.41, 5.74) is 2.10. The zero-order chi connectivity index (χ0) is 15.8. The smallest absolute Gasteiger partial charge is 0.220 e. The maximum Gasteiger partial charge on any atom is 0.220 e. The molecule has 0 bridgehead atoms. The molecule has 1 atom stereocenters. The normalized spacial score (nSPS) is 11.3. The van der Waals surface area contributed by atoms with Crippen LogP contribution in [0, 0.1) is 6.92 Å². The molecule has 0 saturated carbocycles. The number of rotatable bonds is 8. The van der Waals surface area contributed by atoms with Gasteiger partial charge in [-0.25, -0.2) is 0 Å². The lowest BCUT2D eigenvalue weighted by molar-refractivity contribution is -0.121. The van der Waals surface area contributed by atoms with Crippen molar-refractivity contribution >= 4 is 18.3 Å². The molecule has 0 aromatic heterocycles. The van der Waals surface area contributed by atoms with Gasteiger partial charge in [0.1, 0.15) is 0 Å². The second-order valence-electron chi connectivity index (χ2n) is 5.06. The minimum absolute atomic E-state index is 0. The van der Waals surface area contributed by atoms with E-state index in [-0.39, 0.29) is 24.4 Å². The van der Waals surface area contributed by atoms with Gasteiger partial charge in [0, 0.05) is 6.42 Å². The highest BCUT2D eigenvalue weighted by molar-refractivity contribution is 5.85. The number of amides is 1. The first-order valence-corrected chi connectivity index (χ1v) is 7.20. The van der Waals surface area contributed by atoms with Crippen molar-refractivity contribution in [2.24, 2.45) is 0 Å². The van der Waals surface area contributed by atoms with Crippen molar-refractivity contribution in [3.05, 3.63) is 23.3 Å². The Labute approximate surface area is 139 Å². The summed E-state index contributed by atoms with van der Waals surface area (Å²) >= 11 is 0. The molecule has 126 valence electrons. The number of benzene rings is 1. The number of halogens is 1. The maximum absolute atomic E-state index is 11.9. The molecule has 6 heteroatoms. The zero-order valence-electron chi connectivity index (χ0n) is 14.0. The Morgan fingerprint density at radius 2 is 1.82 bits per heavy atom. The Morgan fingerprint density at radius 3 is 2.36 bits per heavy atom. The third kappa shape index (κ3) is 5.73. The van der Waals surface area contributed by atoms with Crippen LogP contribution in [0.25, 0.3) is 0 Å². The van der Waals surface area contributed by atoms with E-state index in [2.05, 4.69) is 10.6 Å². The van der Waals surface area contributed by atoms with Crippen LogP contribution in [-0.2, 0) is 4.79 Å². The summed E-state index contributed by atoms with van der Waals surface area (Å²) < 4.78 is 10.6. The maximum atomic E-state index is 11.9. The minimum atomic E-state index is -0.0631. The molecule has 0 saturated heterocycles. The van der Waals surface area contributed by atoms with Crippen LogP contribution in [0.15, 0.2) is 12.1 Å². The Balaban J connectivity index is 0.00000441. The van der Waals surface area contributed by atoms with Crippen molar-refractivity contribution in [2.45, 2.75) is 32.7 Å². The van der Waals surface area contributed by atoms with Crippen molar-refractivity contribution in [3.63, 3.8) is 0 Å². The van der Waals surface area contributed by atoms with Gasteiger partial charge in [-0.1, -0.05) is 0 Å². The van der Waals surface area contributed by atoms with E-state index in [0.29, 0.717) is 17.9 Å². The van der Waals surface area contributed by atoms with Gasteiger partial charge in [0.05, 0.1) is 20.3 Å². The average Bonchev–Trinajstić information content (AvgIpc) is 2.46. The molecule has 0 aliphatic carbocycles. The summed E-state index contributed by atoms with van der Waals surface area (Å²) in [6.45, 7) is 4.82. The van der Waals surface area contributed by atoms with Crippen molar-refractivity contribution in [1.29, 1.82) is 0 Å². The van der Waals surface area contributed by atoms with Gasteiger partial charge in [-0.3, -0.25) is 4.79 Å². The molecular weight excluding hydrogens is 304 g/mol. The van der Waals surface area contributed by atoms with Crippen molar-refractivity contribution in [2.75, 3.05) is 27.8 Å². The Morgan fingerprint density at radius 1 is 1.23 bits per heavy atom. The van der Waals surface area contributed by atoms with E-state index in [4.69, 9.17) is 9.47 Å². The fraction of sp³-hybridized carbons (Fsp3) is 0.562.